The Kier molecular flexibility index (Phi) is 8.67. The number of halogens is 2. The van der Waals surface area contributed by atoms with Crippen LogP contribution in [0.3, 0.4) is 0 Å². The predicted octanol–water partition coefficient (Wildman–Crippen LogP) is 4.95. The Morgan fingerprint density at radius 3 is 2.36 bits per heavy atom. The van der Waals surface area contributed by atoms with Gasteiger partial charge in [-0.25, -0.2) is 0 Å². The van der Waals surface area contributed by atoms with Crippen molar-refractivity contribution < 1.29 is 9.59 Å². The van der Waals surface area contributed by atoms with Crippen LogP contribution in [0.5, 0.6) is 0 Å². The molecule has 0 saturated carbocycles. The van der Waals surface area contributed by atoms with Gasteiger partial charge in [0.25, 0.3) is 0 Å². The summed E-state index contributed by atoms with van der Waals surface area (Å²) in [5.41, 5.74) is 1.99. The van der Waals surface area contributed by atoms with Gasteiger partial charge in [0.05, 0.1) is 15.8 Å². The van der Waals surface area contributed by atoms with Gasteiger partial charge in [-0.1, -0.05) is 53.9 Å². The Morgan fingerprint density at radius 1 is 1.11 bits per heavy atom. The number of hydrogen-bond acceptors (Lipinski definition) is 3. The molecule has 2 aromatic rings. The Labute approximate surface area is 180 Å². The summed E-state index contributed by atoms with van der Waals surface area (Å²) in [6, 6.07) is 12.7. The zero-order valence-corrected chi connectivity index (χ0v) is 18.5. The fourth-order valence-electron chi connectivity index (χ4n) is 2.78. The van der Waals surface area contributed by atoms with E-state index in [-0.39, 0.29) is 24.1 Å². The van der Waals surface area contributed by atoms with Crippen LogP contribution in [0.15, 0.2) is 47.4 Å². The third kappa shape index (κ3) is 6.16. The summed E-state index contributed by atoms with van der Waals surface area (Å²) in [7, 11) is 1.58. The molecule has 0 fully saturated rings. The average molecular weight is 439 g/mol. The van der Waals surface area contributed by atoms with Crippen LogP contribution in [0.4, 0.5) is 0 Å². The lowest BCUT2D eigenvalue weighted by Gasteiger charge is -2.30. The van der Waals surface area contributed by atoms with E-state index in [1.165, 1.54) is 17.3 Å². The molecule has 7 heteroatoms. The molecule has 2 rings (SSSR count). The number of benzene rings is 2. The maximum Gasteiger partial charge on any atom is 0.242 e. The van der Waals surface area contributed by atoms with Gasteiger partial charge in [-0.15, -0.1) is 11.8 Å². The van der Waals surface area contributed by atoms with E-state index in [0.717, 1.165) is 10.5 Å². The SMILES string of the molecule is CC[C@H](C(=O)NC)N(Cc1ccc(Cl)c(Cl)c1)C(=O)CSc1ccc(C)cc1. The van der Waals surface area contributed by atoms with Gasteiger partial charge in [0, 0.05) is 18.5 Å². The van der Waals surface area contributed by atoms with Gasteiger partial charge in [0.15, 0.2) is 0 Å². The lowest BCUT2D eigenvalue weighted by Crippen LogP contribution is -2.48. The second kappa shape index (κ2) is 10.7. The van der Waals surface area contributed by atoms with E-state index in [9.17, 15) is 9.59 Å². The Hall–Kier alpha value is -1.69. The second-order valence-electron chi connectivity index (χ2n) is 6.41. The van der Waals surface area contributed by atoms with E-state index in [1.54, 1.807) is 24.1 Å². The first-order valence-electron chi connectivity index (χ1n) is 9.00. The molecule has 0 heterocycles. The Balaban J connectivity index is 2.20. The largest absolute Gasteiger partial charge is 0.357 e. The number of nitrogens with one attached hydrogen (secondary N) is 1. The second-order valence-corrected chi connectivity index (χ2v) is 8.27. The molecule has 2 aromatic carbocycles. The molecular weight excluding hydrogens is 415 g/mol. The molecule has 0 saturated heterocycles. The van der Waals surface area contributed by atoms with Crippen molar-refractivity contribution in [2.45, 2.75) is 37.8 Å². The van der Waals surface area contributed by atoms with Gasteiger partial charge in [-0.2, -0.15) is 0 Å². The predicted molar refractivity (Wildman–Crippen MR) is 117 cm³/mol. The standard InChI is InChI=1S/C21H24Cl2N2O2S/c1-4-19(21(27)24-3)25(12-15-7-10-17(22)18(23)11-15)20(26)13-28-16-8-5-14(2)6-9-16/h5-11,19H,4,12-13H2,1-3H3,(H,24,27)/t19-/m1/s1. The Bertz CT molecular complexity index is 828. The number of amides is 2. The summed E-state index contributed by atoms with van der Waals surface area (Å²) < 4.78 is 0. The van der Waals surface area contributed by atoms with E-state index in [0.29, 0.717) is 16.5 Å². The zero-order valence-electron chi connectivity index (χ0n) is 16.2. The molecule has 1 atom stereocenters. The summed E-state index contributed by atoms with van der Waals surface area (Å²) in [5, 5.41) is 3.53. The molecule has 0 unspecified atom stereocenters. The normalized spacial score (nSPS) is 11.8. The number of aryl methyl sites for hydroxylation is 1. The fourth-order valence-corrected chi connectivity index (χ4v) is 3.89. The topological polar surface area (TPSA) is 49.4 Å². The quantitative estimate of drug-likeness (QED) is 0.593. The van der Waals surface area contributed by atoms with E-state index in [4.69, 9.17) is 23.2 Å². The Morgan fingerprint density at radius 2 is 1.79 bits per heavy atom. The molecule has 150 valence electrons. The van der Waals surface area contributed by atoms with Crippen LogP contribution in [0.25, 0.3) is 0 Å². The summed E-state index contributed by atoms with van der Waals surface area (Å²) in [6.45, 7) is 4.20. The number of carbonyl (C=O) groups excluding carboxylic acids is 2. The third-order valence-electron chi connectivity index (χ3n) is 4.35. The minimum Gasteiger partial charge on any atom is -0.357 e. The molecule has 0 aliphatic rings. The van der Waals surface area contributed by atoms with Crippen molar-refractivity contribution in [1.29, 1.82) is 0 Å². The van der Waals surface area contributed by atoms with Crippen molar-refractivity contribution in [2.24, 2.45) is 0 Å². The van der Waals surface area contributed by atoms with Gasteiger partial charge in [-0.3, -0.25) is 9.59 Å². The fraction of sp³-hybridized carbons (Fsp3) is 0.333. The van der Waals surface area contributed by atoms with Crippen LogP contribution in [-0.2, 0) is 16.1 Å². The van der Waals surface area contributed by atoms with E-state index >= 15 is 0 Å². The number of nitrogens with zero attached hydrogens (tertiary/aromatic N) is 1. The molecular formula is C21H24Cl2N2O2S. The molecule has 0 bridgehead atoms. The van der Waals surface area contributed by atoms with Gasteiger partial charge in [0.2, 0.25) is 11.8 Å². The van der Waals surface area contributed by atoms with Gasteiger partial charge >= 0.3 is 0 Å². The lowest BCUT2D eigenvalue weighted by atomic mass is 10.1. The number of hydrogen-bond donors (Lipinski definition) is 1. The highest BCUT2D eigenvalue weighted by molar-refractivity contribution is 8.00. The minimum absolute atomic E-state index is 0.105. The molecule has 0 aromatic heterocycles. The first-order valence-corrected chi connectivity index (χ1v) is 10.7. The van der Waals surface area contributed by atoms with Gasteiger partial charge in [-0.05, 0) is 43.2 Å². The highest BCUT2D eigenvalue weighted by atomic mass is 35.5. The molecule has 2 amide bonds. The van der Waals surface area contributed by atoms with Crippen molar-refractivity contribution in [2.75, 3.05) is 12.8 Å². The van der Waals surface area contributed by atoms with Gasteiger partial charge in [0.1, 0.15) is 6.04 Å². The van der Waals surface area contributed by atoms with Crippen LogP contribution in [0.1, 0.15) is 24.5 Å². The minimum atomic E-state index is -0.550. The number of rotatable bonds is 8. The van der Waals surface area contributed by atoms with E-state index < -0.39 is 6.04 Å². The third-order valence-corrected chi connectivity index (χ3v) is 6.09. The number of carbonyl (C=O) groups is 2. The number of thioether (sulfide) groups is 1. The first-order chi connectivity index (χ1) is 13.3. The van der Waals surface area contributed by atoms with Crippen LogP contribution in [0, 0.1) is 6.92 Å². The zero-order chi connectivity index (χ0) is 20.7. The maximum atomic E-state index is 13.0. The first kappa shape index (κ1) is 22.6. The average Bonchev–Trinajstić information content (AvgIpc) is 2.69. The number of likely N-dealkylation sites (N-methyl/N-ethyl adjacent to an activating group) is 1. The summed E-state index contributed by atoms with van der Waals surface area (Å²) in [6.07, 6.45) is 0.516. The highest BCUT2D eigenvalue weighted by Crippen LogP contribution is 2.25. The molecule has 1 N–H and O–H groups in total. The molecule has 0 spiro atoms. The summed E-state index contributed by atoms with van der Waals surface area (Å²) in [5.74, 6) is -0.0407. The van der Waals surface area contributed by atoms with Crippen molar-refractivity contribution in [3.05, 3.63) is 63.6 Å². The van der Waals surface area contributed by atoms with Crippen molar-refractivity contribution in [3.63, 3.8) is 0 Å². The maximum absolute atomic E-state index is 13.0. The van der Waals surface area contributed by atoms with E-state index in [1.807, 2.05) is 44.2 Å². The smallest absolute Gasteiger partial charge is 0.242 e. The van der Waals surface area contributed by atoms with Crippen LogP contribution in [-0.4, -0.2) is 35.6 Å². The van der Waals surface area contributed by atoms with E-state index in [2.05, 4.69) is 5.32 Å². The summed E-state index contributed by atoms with van der Waals surface area (Å²) in [4.78, 5) is 28.0. The van der Waals surface area contributed by atoms with Crippen molar-refractivity contribution in [3.8, 4) is 0 Å². The van der Waals surface area contributed by atoms with Crippen molar-refractivity contribution >= 4 is 46.8 Å². The lowest BCUT2D eigenvalue weighted by molar-refractivity contribution is -0.139. The molecule has 28 heavy (non-hydrogen) atoms. The monoisotopic (exact) mass is 438 g/mol. The van der Waals surface area contributed by atoms with Crippen LogP contribution >= 0.6 is 35.0 Å². The highest BCUT2D eigenvalue weighted by Gasteiger charge is 2.28. The van der Waals surface area contributed by atoms with Gasteiger partial charge < -0.3 is 10.2 Å². The summed E-state index contributed by atoms with van der Waals surface area (Å²) >= 11 is 13.6. The van der Waals surface area contributed by atoms with Crippen molar-refractivity contribution in [1.82, 2.24) is 10.2 Å². The molecule has 0 aliphatic heterocycles. The molecule has 0 aliphatic carbocycles. The molecule has 4 nitrogen and oxygen atoms in total. The van der Waals surface area contributed by atoms with Crippen LogP contribution < -0.4 is 5.32 Å². The van der Waals surface area contributed by atoms with Crippen LogP contribution in [0.2, 0.25) is 10.0 Å². The molecule has 0 radical (unpaired) electrons.